The fraction of sp³-hybridized carbons (Fsp3) is 0.300. The Balaban J connectivity index is 1.99. The monoisotopic (exact) mass is 353 g/mol. The highest BCUT2D eigenvalue weighted by Crippen LogP contribution is 2.35. The molecule has 1 fully saturated rings. The van der Waals surface area contributed by atoms with E-state index in [-0.39, 0.29) is 11.9 Å². The Kier molecular flexibility index (Phi) is 4.59. The quantitative estimate of drug-likeness (QED) is 0.886. The van der Waals surface area contributed by atoms with E-state index in [2.05, 4.69) is 5.32 Å². The zero-order chi connectivity index (χ0) is 18.9. The van der Waals surface area contributed by atoms with E-state index in [1.165, 1.54) is 4.90 Å². The summed E-state index contributed by atoms with van der Waals surface area (Å²) in [6.45, 7) is 1.94. The van der Waals surface area contributed by atoms with Crippen LogP contribution in [0.4, 0.5) is 0 Å². The van der Waals surface area contributed by atoms with E-state index in [9.17, 15) is 4.79 Å². The third-order valence-electron chi connectivity index (χ3n) is 4.83. The molecule has 1 atom stereocenters. The van der Waals surface area contributed by atoms with Gasteiger partial charge in [0, 0.05) is 7.05 Å². The van der Waals surface area contributed by atoms with Crippen LogP contribution < -0.4 is 14.8 Å². The molecular weight excluding hydrogens is 330 g/mol. The molecule has 1 heterocycles. The molecule has 0 bridgehead atoms. The molecule has 6 heteroatoms. The molecule has 0 spiro atoms. The fourth-order valence-electron chi connectivity index (χ4n) is 3.17. The molecule has 1 aliphatic heterocycles. The van der Waals surface area contributed by atoms with Gasteiger partial charge in [0.2, 0.25) is 5.91 Å². The number of methoxy groups -OCH3 is 2. The lowest BCUT2D eigenvalue weighted by atomic mass is 9.85. The number of nitrogens with one attached hydrogen (secondary N) is 2. The molecule has 2 aromatic rings. The van der Waals surface area contributed by atoms with Gasteiger partial charge in [0.15, 0.2) is 17.5 Å². The average molecular weight is 353 g/mol. The van der Waals surface area contributed by atoms with Crippen LogP contribution in [0.5, 0.6) is 11.5 Å². The number of rotatable bonds is 4. The number of carbonyl (C=O) groups excluding carboxylic acids is 1. The maximum atomic E-state index is 12.2. The molecule has 0 radical (unpaired) electrons. The Bertz CT molecular complexity index is 845. The number of hydrogen-bond donors (Lipinski definition) is 2. The number of carbonyl (C=O) groups is 1. The molecule has 1 aliphatic rings. The Hall–Kier alpha value is -3.02. The first-order chi connectivity index (χ1) is 12.4. The van der Waals surface area contributed by atoms with E-state index in [0.717, 1.165) is 16.7 Å². The SMILES string of the molecule is COc1ccc(-c2cccc([C@]3(C)CC(=O)N(C)C(=N)N3)c2)cc1OC. The Morgan fingerprint density at radius 1 is 1.08 bits per heavy atom. The van der Waals surface area contributed by atoms with Gasteiger partial charge in [-0.05, 0) is 41.8 Å². The second kappa shape index (κ2) is 6.71. The molecule has 0 saturated carbocycles. The van der Waals surface area contributed by atoms with Crippen LogP contribution in [0.25, 0.3) is 11.1 Å². The van der Waals surface area contributed by atoms with Crippen molar-refractivity contribution in [1.82, 2.24) is 10.2 Å². The topological polar surface area (TPSA) is 74.7 Å². The molecule has 0 unspecified atom stereocenters. The Morgan fingerprint density at radius 2 is 1.77 bits per heavy atom. The third-order valence-corrected chi connectivity index (χ3v) is 4.83. The molecule has 136 valence electrons. The first-order valence-electron chi connectivity index (χ1n) is 8.34. The van der Waals surface area contributed by atoms with Crippen molar-refractivity contribution in [2.45, 2.75) is 18.9 Å². The summed E-state index contributed by atoms with van der Waals surface area (Å²) in [5.74, 6) is 1.37. The molecule has 0 aliphatic carbocycles. The van der Waals surface area contributed by atoms with Gasteiger partial charge >= 0.3 is 0 Å². The van der Waals surface area contributed by atoms with Crippen LogP contribution in [-0.4, -0.2) is 38.0 Å². The summed E-state index contributed by atoms with van der Waals surface area (Å²) in [4.78, 5) is 13.6. The highest BCUT2D eigenvalue weighted by molar-refractivity contribution is 5.98. The van der Waals surface area contributed by atoms with Crippen LogP contribution in [0.3, 0.4) is 0 Å². The van der Waals surface area contributed by atoms with E-state index < -0.39 is 5.54 Å². The summed E-state index contributed by atoms with van der Waals surface area (Å²) in [5.41, 5.74) is 2.33. The fourth-order valence-corrected chi connectivity index (χ4v) is 3.17. The van der Waals surface area contributed by atoms with E-state index in [1.54, 1.807) is 21.3 Å². The van der Waals surface area contributed by atoms with Gasteiger partial charge < -0.3 is 14.8 Å². The van der Waals surface area contributed by atoms with Gasteiger partial charge in [-0.2, -0.15) is 0 Å². The molecule has 0 aromatic heterocycles. The molecule has 1 amide bonds. The highest BCUT2D eigenvalue weighted by atomic mass is 16.5. The maximum Gasteiger partial charge on any atom is 0.231 e. The molecule has 6 nitrogen and oxygen atoms in total. The van der Waals surface area contributed by atoms with Crippen molar-refractivity contribution in [1.29, 1.82) is 5.41 Å². The zero-order valence-corrected chi connectivity index (χ0v) is 15.4. The maximum absolute atomic E-state index is 12.2. The smallest absolute Gasteiger partial charge is 0.231 e. The largest absolute Gasteiger partial charge is 0.493 e. The minimum Gasteiger partial charge on any atom is -0.493 e. The van der Waals surface area contributed by atoms with Crippen LogP contribution in [0, 0.1) is 5.41 Å². The van der Waals surface area contributed by atoms with Gasteiger partial charge in [-0.25, -0.2) is 0 Å². The van der Waals surface area contributed by atoms with E-state index >= 15 is 0 Å². The van der Waals surface area contributed by atoms with Gasteiger partial charge in [0.1, 0.15) is 0 Å². The van der Waals surface area contributed by atoms with E-state index in [4.69, 9.17) is 14.9 Å². The minimum absolute atomic E-state index is 0.0761. The number of benzene rings is 2. The second-order valence-corrected chi connectivity index (χ2v) is 6.59. The Labute approximate surface area is 153 Å². The van der Waals surface area contributed by atoms with Crippen LogP contribution in [-0.2, 0) is 10.3 Å². The lowest BCUT2D eigenvalue weighted by molar-refractivity contribution is -0.129. The van der Waals surface area contributed by atoms with Crippen LogP contribution >= 0.6 is 0 Å². The van der Waals surface area contributed by atoms with Crippen molar-refractivity contribution < 1.29 is 14.3 Å². The summed E-state index contributed by atoms with van der Waals surface area (Å²) in [6, 6.07) is 13.8. The number of guanidine groups is 1. The zero-order valence-electron chi connectivity index (χ0n) is 15.4. The summed E-state index contributed by atoms with van der Waals surface area (Å²) < 4.78 is 10.7. The van der Waals surface area contributed by atoms with Crippen LogP contribution in [0.15, 0.2) is 42.5 Å². The third kappa shape index (κ3) is 3.10. The van der Waals surface area contributed by atoms with E-state index in [1.807, 2.05) is 49.4 Å². The van der Waals surface area contributed by atoms with Gasteiger partial charge in [-0.3, -0.25) is 15.1 Å². The lowest BCUT2D eigenvalue weighted by Gasteiger charge is -2.39. The molecule has 3 rings (SSSR count). The van der Waals surface area contributed by atoms with E-state index in [0.29, 0.717) is 17.9 Å². The number of amides is 1. The predicted octanol–water partition coefficient (Wildman–Crippen LogP) is 2.97. The summed E-state index contributed by atoms with van der Waals surface area (Å²) >= 11 is 0. The standard InChI is InChI=1S/C20H23N3O3/c1-20(12-18(24)23(2)19(21)22-20)15-7-5-6-13(10-15)14-8-9-16(25-3)17(11-14)26-4/h5-11H,12H2,1-4H3,(H2,21,22)/t20-/m0/s1. The average Bonchev–Trinajstić information content (AvgIpc) is 2.65. The molecule has 26 heavy (non-hydrogen) atoms. The first kappa shape index (κ1) is 17.8. The summed E-state index contributed by atoms with van der Waals surface area (Å²) in [7, 11) is 4.83. The van der Waals surface area contributed by atoms with Crippen molar-refractivity contribution in [2.24, 2.45) is 0 Å². The second-order valence-electron chi connectivity index (χ2n) is 6.59. The van der Waals surface area contributed by atoms with Crippen LogP contribution in [0.1, 0.15) is 18.9 Å². The summed E-state index contributed by atoms with van der Waals surface area (Å²) in [6.07, 6.45) is 0.293. The summed E-state index contributed by atoms with van der Waals surface area (Å²) in [5, 5.41) is 11.2. The lowest BCUT2D eigenvalue weighted by Crippen LogP contribution is -2.58. The molecule has 2 aromatic carbocycles. The number of hydrogen-bond acceptors (Lipinski definition) is 4. The van der Waals surface area contributed by atoms with Crippen molar-refractivity contribution in [3.05, 3.63) is 48.0 Å². The first-order valence-corrected chi connectivity index (χ1v) is 8.34. The molecule has 2 N–H and O–H groups in total. The normalized spacial score (nSPS) is 19.9. The van der Waals surface area contributed by atoms with Gasteiger partial charge in [0.25, 0.3) is 0 Å². The van der Waals surface area contributed by atoms with Crippen molar-refractivity contribution in [3.8, 4) is 22.6 Å². The molecule has 1 saturated heterocycles. The highest BCUT2D eigenvalue weighted by Gasteiger charge is 2.37. The van der Waals surface area contributed by atoms with Gasteiger partial charge in [-0.15, -0.1) is 0 Å². The van der Waals surface area contributed by atoms with Gasteiger partial charge in [-0.1, -0.05) is 24.3 Å². The van der Waals surface area contributed by atoms with Crippen molar-refractivity contribution in [3.63, 3.8) is 0 Å². The molecular formula is C20H23N3O3. The van der Waals surface area contributed by atoms with Crippen LogP contribution in [0.2, 0.25) is 0 Å². The Morgan fingerprint density at radius 3 is 2.42 bits per heavy atom. The minimum atomic E-state index is -0.618. The number of nitrogens with zero attached hydrogens (tertiary/aromatic N) is 1. The number of ether oxygens (including phenoxy) is 2. The predicted molar refractivity (Wildman–Crippen MR) is 101 cm³/mol. The van der Waals surface area contributed by atoms with Crippen molar-refractivity contribution >= 4 is 11.9 Å². The van der Waals surface area contributed by atoms with Gasteiger partial charge in [0.05, 0.1) is 26.2 Å². The van der Waals surface area contributed by atoms with Crippen molar-refractivity contribution in [2.75, 3.05) is 21.3 Å².